The first-order valence-electron chi connectivity index (χ1n) is 8.25. The molecule has 0 fully saturated rings. The molecule has 0 atom stereocenters. The number of carbonyl (C=O) groups is 3. The molecular weight excluding hydrogens is 380 g/mol. The number of hydrogen-bond donors (Lipinski definition) is 3. The van der Waals surface area contributed by atoms with Crippen molar-refractivity contribution in [1.82, 2.24) is 10.2 Å². The molecule has 0 radical (unpaired) electrons. The first kappa shape index (κ1) is 19.2. The number of carboxylic acids is 1. The first-order chi connectivity index (χ1) is 13.4. The van der Waals surface area contributed by atoms with E-state index in [0.717, 1.165) is 5.01 Å². The maximum atomic E-state index is 12.3. The molecule has 0 spiro atoms. The van der Waals surface area contributed by atoms with Gasteiger partial charge in [0.2, 0.25) is 11.0 Å². The SMILES string of the molecule is Cc1nnc(NC(=O)c2cccc(NC(=O)Cc3ccccc3C(=O)O)c2)s1. The molecule has 0 aliphatic carbocycles. The minimum Gasteiger partial charge on any atom is -0.478 e. The van der Waals surface area contributed by atoms with Gasteiger partial charge in [0.15, 0.2) is 0 Å². The van der Waals surface area contributed by atoms with Crippen molar-refractivity contribution < 1.29 is 19.5 Å². The number of benzene rings is 2. The smallest absolute Gasteiger partial charge is 0.335 e. The van der Waals surface area contributed by atoms with Crippen molar-refractivity contribution in [1.29, 1.82) is 0 Å². The van der Waals surface area contributed by atoms with Crippen molar-refractivity contribution in [2.24, 2.45) is 0 Å². The van der Waals surface area contributed by atoms with Gasteiger partial charge in [0, 0.05) is 11.3 Å². The lowest BCUT2D eigenvalue weighted by Gasteiger charge is -2.09. The number of aromatic nitrogens is 2. The molecule has 0 saturated heterocycles. The zero-order valence-electron chi connectivity index (χ0n) is 14.8. The average molecular weight is 396 g/mol. The number of rotatable bonds is 6. The largest absolute Gasteiger partial charge is 0.478 e. The standard InChI is InChI=1S/C19H16N4O4S/c1-11-22-23-19(28-11)21-17(25)13-6-4-7-14(9-13)20-16(24)10-12-5-2-3-8-15(12)18(26)27/h2-9H,10H2,1H3,(H,20,24)(H,26,27)(H,21,23,25). The van der Waals surface area contributed by atoms with Gasteiger partial charge in [0.1, 0.15) is 5.01 Å². The van der Waals surface area contributed by atoms with Crippen molar-refractivity contribution in [2.45, 2.75) is 13.3 Å². The minimum absolute atomic E-state index is 0.0816. The van der Waals surface area contributed by atoms with E-state index in [1.807, 2.05) is 0 Å². The summed E-state index contributed by atoms with van der Waals surface area (Å²) in [7, 11) is 0. The van der Waals surface area contributed by atoms with Crippen molar-refractivity contribution in [3.63, 3.8) is 0 Å². The van der Waals surface area contributed by atoms with E-state index in [4.69, 9.17) is 0 Å². The fourth-order valence-corrected chi connectivity index (χ4v) is 3.10. The van der Waals surface area contributed by atoms with Gasteiger partial charge in [-0.2, -0.15) is 0 Å². The third-order valence-corrected chi connectivity index (χ3v) is 4.51. The van der Waals surface area contributed by atoms with Crippen LogP contribution in [0.15, 0.2) is 48.5 Å². The number of aromatic carboxylic acids is 1. The lowest BCUT2D eigenvalue weighted by atomic mass is 10.0. The predicted molar refractivity (Wildman–Crippen MR) is 105 cm³/mol. The van der Waals surface area contributed by atoms with E-state index in [0.29, 0.717) is 21.9 Å². The summed E-state index contributed by atoms with van der Waals surface area (Å²) in [5, 5.41) is 23.3. The van der Waals surface area contributed by atoms with Crippen LogP contribution in [0.2, 0.25) is 0 Å². The Bertz CT molecular complexity index is 1050. The molecule has 3 N–H and O–H groups in total. The van der Waals surface area contributed by atoms with Crippen LogP contribution in [0.3, 0.4) is 0 Å². The molecule has 0 saturated carbocycles. The third kappa shape index (κ3) is 4.77. The number of amides is 2. The van der Waals surface area contributed by atoms with Crippen LogP contribution in [0.25, 0.3) is 0 Å². The summed E-state index contributed by atoms with van der Waals surface area (Å²) in [4.78, 5) is 35.9. The van der Waals surface area contributed by atoms with E-state index in [2.05, 4.69) is 20.8 Å². The highest BCUT2D eigenvalue weighted by molar-refractivity contribution is 7.15. The minimum atomic E-state index is -1.09. The van der Waals surface area contributed by atoms with Gasteiger partial charge in [-0.25, -0.2) is 4.79 Å². The van der Waals surface area contributed by atoms with E-state index in [9.17, 15) is 19.5 Å². The van der Waals surface area contributed by atoms with Gasteiger partial charge in [-0.3, -0.25) is 14.9 Å². The van der Waals surface area contributed by atoms with Crippen LogP contribution in [0, 0.1) is 6.92 Å². The molecule has 28 heavy (non-hydrogen) atoms. The Labute approximate surface area is 164 Å². The van der Waals surface area contributed by atoms with Crippen molar-refractivity contribution in [3.8, 4) is 0 Å². The number of nitrogens with zero attached hydrogens (tertiary/aromatic N) is 2. The van der Waals surface area contributed by atoms with Gasteiger partial charge in [0.05, 0.1) is 12.0 Å². The van der Waals surface area contributed by atoms with Crippen molar-refractivity contribution >= 4 is 39.9 Å². The van der Waals surface area contributed by atoms with Crippen molar-refractivity contribution in [2.75, 3.05) is 10.6 Å². The molecule has 2 aromatic carbocycles. The highest BCUT2D eigenvalue weighted by Gasteiger charge is 2.14. The third-order valence-electron chi connectivity index (χ3n) is 3.75. The Kier molecular flexibility index (Phi) is 5.75. The van der Waals surface area contributed by atoms with E-state index in [1.54, 1.807) is 43.3 Å². The quantitative estimate of drug-likeness (QED) is 0.589. The van der Waals surface area contributed by atoms with Crippen LogP contribution in [0.1, 0.15) is 31.3 Å². The van der Waals surface area contributed by atoms with Crippen LogP contribution >= 0.6 is 11.3 Å². The van der Waals surface area contributed by atoms with Crippen LogP contribution in [0.4, 0.5) is 10.8 Å². The number of carbonyl (C=O) groups excluding carboxylic acids is 2. The molecular formula is C19H16N4O4S. The summed E-state index contributed by atoms with van der Waals surface area (Å²) in [6.45, 7) is 1.78. The number of aryl methyl sites for hydroxylation is 1. The van der Waals surface area contributed by atoms with Gasteiger partial charge in [-0.15, -0.1) is 10.2 Å². The Balaban J connectivity index is 1.68. The second kappa shape index (κ2) is 8.40. The van der Waals surface area contributed by atoms with Gasteiger partial charge < -0.3 is 10.4 Å². The summed E-state index contributed by atoms with van der Waals surface area (Å²) >= 11 is 1.26. The number of carboxylic acid groups (broad SMARTS) is 1. The summed E-state index contributed by atoms with van der Waals surface area (Å²) in [5.41, 5.74) is 1.27. The molecule has 2 amide bonds. The lowest BCUT2D eigenvalue weighted by molar-refractivity contribution is -0.115. The highest BCUT2D eigenvalue weighted by Crippen LogP contribution is 2.17. The summed E-state index contributed by atoms with van der Waals surface area (Å²) in [6, 6.07) is 12.8. The Morgan fingerprint density at radius 3 is 2.54 bits per heavy atom. The molecule has 0 aliphatic heterocycles. The lowest BCUT2D eigenvalue weighted by Crippen LogP contribution is -2.17. The zero-order valence-corrected chi connectivity index (χ0v) is 15.6. The maximum absolute atomic E-state index is 12.3. The Morgan fingerprint density at radius 1 is 1.04 bits per heavy atom. The van der Waals surface area contributed by atoms with Crippen LogP contribution in [0.5, 0.6) is 0 Å². The van der Waals surface area contributed by atoms with E-state index in [-0.39, 0.29) is 23.8 Å². The van der Waals surface area contributed by atoms with Crippen LogP contribution in [-0.2, 0) is 11.2 Å². The molecule has 9 heteroatoms. The zero-order chi connectivity index (χ0) is 20.1. The molecule has 8 nitrogen and oxygen atoms in total. The molecule has 1 heterocycles. The Morgan fingerprint density at radius 2 is 1.82 bits per heavy atom. The fourth-order valence-electron chi connectivity index (χ4n) is 2.52. The normalized spacial score (nSPS) is 10.3. The Hall–Kier alpha value is -3.59. The molecule has 3 rings (SSSR count). The number of hydrogen-bond acceptors (Lipinski definition) is 6. The number of anilines is 2. The molecule has 3 aromatic rings. The van der Waals surface area contributed by atoms with Gasteiger partial charge in [0.25, 0.3) is 5.91 Å². The summed E-state index contributed by atoms with van der Waals surface area (Å²) in [5.74, 6) is -1.84. The van der Waals surface area contributed by atoms with Gasteiger partial charge in [-0.05, 0) is 36.8 Å². The maximum Gasteiger partial charge on any atom is 0.335 e. The predicted octanol–water partition coefficient (Wildman–Crippen LogP) is 2.98. The van der Waals surface area contributed by atoms with E-state index in [1.165, 1.54) is 23.5 Å². The second-order valence-electron chi connectivity index (χ2n) is 5.85. The van der Waals surface area contributed by atoms with Crippen LogP contribution in [-0.4, -0.2) is 33.1 Å². The van der Waals surface area contributed by atoms with Crippen molar-refractivity contribution in [3.05, 3.63) is 70.2 Å². The average Bonchev–Trinajstić information content (AvgIpc) is 3.06. The summed E-state index contributed by atoms with van der Waals surface area (Å²) < 4.78 is 0. The van der Waals surface area contributed by atoms with Gasteiger partial charge in [-0.1, -0.05) is 35.6 Å². The second-order valence-corrected chi connectivity index (χ2v) is 7.03. The van der Waals surface area contributed by atoms with Gasteiger partial charge >= 0.3 is 5.97 Å². The van der Waals surface area contributed by atoms with E-state index >= 15 is 0 Å². The first-order valence-corrected chi connectivity index (χ1v) is 9.06. The number of nitrogens with one attached hydrogen (secondary N) is 2. The molecule has 142 valence electrons. The molecule has 0 unspecified atom stereocenters. The highest BCUT2D eigenvalue weighted by atomic mass is 32.1. The molecule has 0 bridgehead atoms. The monoisotopic (exact) mass is 396 g/mol. The fraction of sp³-hybridized carbons (Fsp3) is 0.105. The molecule has 1 aromatic heterocycles. The molecule has 0 aliphatic rings. The summed E-state index contributed by atoms with van der Waals surface area (Å²) in [6.07, 6.45) is -0.0943. The van der Waals surface area contributed by atoms with Crippen LogP contribution < -0.4 is 10.6 Å². The van der Waals surface area contributed by atoms with E-state index < -0.39 is 5.97 Å². The topological polar surface area (TPSA) is 121 Å².